The van der Waals surface area contributed by atoms with E-state index in [1.807, 2.05) is 29.3 Å². The molecule has 0 bridgehead atoms. The van der Waals surface area contributed by atoms with Crippen LogP contribution in [0.1, 0.15) is 23.6 Å². The standard InChI is InChI=1S/C22H20FN3O3S/c1-29-19-4-2-3-16(13-19)21-14-22(15-5-7-17(23)8-6-15)26(25-21)18-9-11-20(12-10-18)30(24,27)28/h2-13,22H,14H2,1H3,(H2,24,27,28)/t22-/m1/s1. The molecule has 0 aliphatic carbocycles. The molecule has 30 heavy (non-hydrogen) atoms. The molecule has 1 atom stereocenters. The van der Waals surface area contributed by atoms with Crippen molar-refractivity contribution >= 4 is 21.4 Å². The topological polar surface area (TPSA) is 85.0 Å². The van der Waals surface area contributed by atoms with Crippen molar-refractivity contribution in [1.82, 2.24) is 0 Å². The highest BCUT2D eigenvalue weighted by molar-refractivity contribution is 7.89. The number of nitrogens with two attached hydrogens (primary N) is 1. The lowest BCUT2D eigenvalue weighted by molar-refractivity contribution is 0.414. The van der Waals surface area contributed by atoms with E-state index in [0.29, 0.717) is 12.1 Å². The summed E-state index contributed by atoms with van der Waals surface area (Å²) in [5, 5.41) is 11.8. The van der Waals surface area contributed by atoms with E-state index in [1.54, 1.807) is 31.4 Å². The molecule has 0 spiro atoms. The molecule has 0 amide bonds. The molecule has 8 heteroatoms. The highest BCUT2D eigenvalue weighted by Crippen LogP contribution is 2.37. The lowest BCUT2D eigenvalue weighted by atomic mass is 9.98. The van der Waals surface area contributed by atoms with Gasteiger partial charge in [0.15, 0.2) is 0 Å². The third-order valence-corrected chi connectivity index (χ3v) is 5.93. The molecule has 0 saturated carbocycles. The van der Waals surface area contributed by atoms with Crippen LogP contribution in [-0.2, 0) is 10.0 Å². The fraction of sp³-hybridized carbons (Fsp3) is 0.136. The van der Waals surface area contributed by atoms with Crippen LogP contribution in [0.2, 0.25) is 0 Å². The van der Waals surface area contributed by atoms with Gasteiger partial charge in [0.1, 0.15) is 11.6 Å². The molecule has 154 valence electrons. The van der Waals surface area contributed by atoms with Crippen LogP contribution in [0.25, 0.3) is 0 Å². The Morgan fingerprint density at radius 3 is 2.40 bits per heavy atom. The van der Waals surface area contributed by atoms with Crippen LogP contribution >= 0.6 is 0 Å². The zero-order valence-corrected chi connectivity index (χ0v) is 17.0. The van der Waals surface area contributed by atoms with Gasteiger partial charge in [-0.2, -0.15) is 5.10 Å². The second kappa shape index (κ2) is 7.89. The van der Waals surface area contributed by atoms with Gasteiger partial charge in [0, 0.05) is 12.0 Å². The number of anilines is 1. The predicted octanol–water partition coefficient (Wildman–Crippen LogP) is 3.84. The van der Waals surface area contributed by atoms with Gasteiger partial charge in [-0.1, -0.05) is 24.3 Å². The molecule has 1 aliphatic rings. The number of primary sulfonamides is 1. The first kappa shape index (κ1) is 20.1. The number of sulfonamides is 1. The van der Waals surface area contributed by atoms with Crippen molar-refractivity contribution in [3.63, 3.8) is 0 Å². The van der Waals surface area contributed by atoms with E-state index in [1.165, 1.54) is 24.3 Å². The maximum atomic E-state index is 13.5. The van der Waals surface area contributed by atoms with Gasteiger partial charge in [-0.15, -0.1) is 0 Å². The van der Waals surface area contributed by atoms with Crippen molar-refractivity contribution in [3.8, 4) is 5.75 Å². The van der Waals surface area contributed by atoms with E-state index >= 15 is 0 Å². The van der Waals surface area contributed by atoms with E-state index in [-0.39, 0.29) is 16.8 Å². The molecule has 0 unspecified atom stereocenters. The van der Waals surface area contributed by atoms with Crippen LogP contribution < -0.4 is 14.9 Å². The first-order valence-electron chi connectivity index (χ1n) is 9.24. The van der Waals surface area contributed by atoms with E-state index in [2.05, 4.69) is 0 Å². The minimum Gasteiger partial charge on any atom is -0.497 e. The molecular formula is C22H20FN3O3S. The summed E-state index contributed by atoms with van der Waals surface area (Å²) in [6.07, 6.45) is 0.593. The summed E-state index contributed by atoms with van der Waals surface area (Å²) in [6, 6.07) is 20.0. The number of benzene rings is 3. The van der Waals surface area contributed by atoms with Gasteiger partial charge in [-0.25, -0.2) is 17.9 Å². The largest absolute Gasteiger partial charge is 0.497 e. The molecule has 6 nitrogen and oxygen atoms in total. The number of ether oxygens (including phenoxy) is 1. The molecular weight excluding hydrogens is 405 g/mol. The normalized spacial score (nSPS) is 16.4. The van der Waals surface area contributed by atoms with Crippen molar-refractivity contribution in [2.75, 3.05) is 12.1 Å². The number of methoxy groups -OCH3 is 1. The summed E-state index contributed by atoms with van der Waals surface area (Å²) in [7, 11) is -2.18. The van der Waals surface area contributed by atoms with Crippen LogP contribution in [-0.4, -0.2) is 21.2 Å². The number of halogens is 1. The van der Waals surface area contributed by atoms with Crippen molar-refractivity contribution in [2.24, 2.45) is 10.2 Å². The van der Waals surface area contributed by atoms with Gasteiger partial charge in [0.05, 0.1) is 29.4 Å². The van der Waals surface area contributed by atoms with Gasteiger partial charge < -0.3 is 4.74 Å². The van der Waals surface area contributed by atoms with Gasteiger partial charge in [0.25, 0.3) is 0 Å². The van der Waals surface area contributed by atoms with E-state index in [0.717, 1.165) is 22.6 Å². The fourth-order valence-corrected chi connectivity index (χ4v) is 3.97. The highest BCUT2D eigenvalue weighted by atomic mass is 32.2. The molecule has 0 saturated heterocycles. The summed E-state index contributed by atoms with van der Waals surface area (Å²) >= 11 is 0. The molecule has 1 heterocycles. The monoisotopic (exact) mass is 425 g/mol. The Morgan fingerprint density at radius 1 is 1.07 bits per heavy atom. The third kappa shape index (κ3) is 4.05. The minimum atomic E-state index is -3.78. The zero-order chi connectivity index (χ0) is 21.3. The smallest absolute Gasteiger partial charge is 0.238 e. The first-order valence-corrected chi connectivity index (χ1v) is 10.8. The molecule has 0 fully saturated rings. The summed E-state index contributed by atoms with van der Waals surface area (Å²) in [6.45, 7) is 0. The summed E-state index contributed by atoms with van der Waals surface area (Å²) < 4.78 is 41.9. The third-order valence-electron chi connectivity index (χ3n) is 5.00. The Labute approximate surface area is 174 Å². The van der Waals surface area contributed by atoms with Gasteiger partial charge in [-0.3, -0.25) is 5.01 Å². The van der Waals surface area contributed by atoms with Crippen LogP contribution in [0.4, 0.5) is 10.1 Å². The van der Waals surface area contributed by atoms with E-state index in [4.69, 9.17) is 15.0 Å². The summed E-state index contributed by atoms with van der Waals surface area (Å²) in [4.78, 5) is 0.0285. The SMILES string of the molecule is COc1cccc(C2=NN(c3ccc(S(N)(=O)=O)cc3)[C@@H](c3ccc(F)cc3)C2)c1. The fourth-order valence-electron chi connectivity index (χ4n) is 3.46. The Bertz CT molecular complexity index is 1190. The Balaban J connectivity index is 1.75. The van der Waals surface area contributed by atoms with Crippen molar-refractivity contribution in [3.05, 3.63) is 89.7 Å². The van der Waals surface area contributed by atoms with Crippen molar-refractivity contribution in [1.29, 1.82) is 0 Å². The minimum absolute atomic E-state index is 0.0285. The molecule has 0 aromatic heterocycles. The van der Waals surface area contributed by atoms with E-state index in [9.17, 15) is 12.8 Å². The number of hydrogen-bond donors (Lipinski definition) is 1. The average molecular weight is 425 g/mol. The van der Waals surface area contributed by atoms with Crippen LogP contribution in [0.3, 0.4) is 0 Å². The van der Waals surface area contributed by atoms with Gasteiger partial charge >= 0.3 is 0 Å². The van der Waals surface area contributed by atoms with Crippen molar-refractivity contribution in [2.45, 2.75) is 17.4 Å². The highest BCUT2D eigenvalue weighted by Gasteiger charge is 2.30. The van der Waals surface area contributed by atoms with Crippen molar-refractivity contribution < 1.29 is 17.5 Å². The quantitative estimate of drug-likeness (QED) is 0.673. The zero-order valence-electron chi connectivity index (χ0n) is 16.2. The maximum absolute atomic E-state index is 13.5. The average Bonchev–Trinajstić information content (AvgIpc) is 3.19. The predicted molar refractivity (Wildman–Crippen MR) is 114 cm³/mol. The number of rotatable bonds is 5. The van der Waals surface area contributed by atoms with Gasteiger partial charge in [0.2, 0.25) is 10.0 Å². The molecule has 1 aliphatic heterocycles. The van der Waals surface area contributed by atoms with Crippen LogP contribution in [0.15, 0.2) is 82.8 Å². The lowest BCUT2D eigenvalue weighted by Crippen LogP contribution is -2.19. The molecule has 3 aromatic rings. The molecule has 2 N–H and O–H groups in total. The lowest BCUT2D eigenvalue weighted by Gasteiger charge is -2.24. The second-order valence-electron chi connectivity index (χ2n) is 6.93. The Kier molecular flexibility index (Phi) is 5.27. The van der Waals surface area contributed by atoms with Crippen LogP contribution in [0, 0.1) is 5.82 Å². The number of hydrogen-bond acceptors (Lipinski definition) is 5. The number of nitrogens with zero attached hydrogens (tertiary/aromatic N) is 2. The Hall–Kier alpha value is -3.23. The Morgan fingerprint density at radius 2 is 1.77 bits per heavy atom. The summed E-state index contributed by atoms with van der Waals surface area (Å²) in [5.41, 5.74) is 3.37. The number of hydrazone groups is 1. The molecule has 4 rings (SSSR count). The second-order valence-corrected chi connectivity index (χ2v) is 8.50. The van der Waals surface area contributed by atoms with Crippen LogP contribution in [0.5, 0.6) is 5.75 Å². The first-order chi connectivity index (χ1) is 14.3. The van der Waals surface area contributed by atoms with E-state index < -0.39 is 10.0 Å². The van der Waals surface area contributed by atoms with Gasteiger partial charge in [-0.05, 0) is 54.1 Å². The molecule has 3 aromatic carbocycles. The maximum Gasteiger partial charge on any atom is 0.238 e. The summed E-state index contributed by atoms with van der Waals surface area (Å²) in [5.74, 6) is 0.416. The molecule has 0 radical (unpaired) electrons.